The van der Waals surface area contributed by atoms with E-state index in [9.17, 15) is 9.59 Å². The van der Waals surface area contributed by atoms with Gasteiger partial charge in [0.1, 0.15) is 0 Å². The van der Waals surface area contributed by atoms with E-state index in [1.54, 1.807) is 25.1 Å². The Balaban J connectivity index is 1.82. The van der Waals surface area contributed by atoms with Crippen molar-refractivity contribution in [1.29, 1.82) is 0 Å². The van der Waals surface area contributed by atoms with Crippen LogP contribution in [-0.2, 0) is 14.3 Å². The second kappa shape index (κ2) is 8.37. The van der Waals surface area contributed by atoms with Crippen LogP contribution in [0.3, 0.4) is 0 Å². The lowest BCUT2D eigenvalue weighted by molar-refractivity contribution is -0.153. The van der Waals surface area contributed by atoms with Gasteiger partial charge in [0.2, 0.25) is 0 Å². The van der Waals surface area contributed by atoms with Crippen LogP contribution in [0.1, 0.15) is 37.8 Å². The molecule has 1 amide bonds. The van der Waals surface area contributed by atoms with Crippen LogP contribution in [0.5, 0.6) is 0 Å². The average molecular weight is 356 g/mol. The molecule has 124 valence electrons. The lowest BCUT2D eigenvalue weighted by atomic mass is 9.95. The van der Waals surface area contributed by atoms with Crippen LogP contribution in [0, 0.1) is 5.92 Å². The van der Waals surface area contributed by atoms with Gasteiger partial charge >= 0.3 is 5.97 Å². The van der Waals surface area contributed by atoms with Crippen molar-refractivity contribution in [2.75, 3.05) is 6.61 Å². The Morgan fingerprint density at radius 2 is 2.13 bits per heavy atom. The fourth-order valence-corrected chi connectivity index (χ4v) is 3.05. The molecule has 1 aromatic rings. The predicted octanol–water partition coefficient (Wildman–Crippen LogP) is 4.07. The molecule has 2 rings (SSSR count). The van der Waals surface area contributed by atoms with Crippen molar-refractivity contribution >= 4 is 35.1 Å². The van der Waals surface area contributed by atoms with Crippen molar-refractivity contribution in [3.8, 4) is 0 Å². The molecule has 0 unspecified atom stereocenters. The molecule has 2 atom stereocenters. The largest absolute Gasteiger partial charge is 0.455 e. The van der Waals surface area contributed by atoms with Crippen LogP contribution >= 0.6 is 23.2 Å². The summed E-state index contributed by atoms with van der Waals surface area (Å²) in [6.07, 6.45) is 6.34. The Morgan fingerprint density at radius 1 is 1.35 bits per heavy atom. The first-order chi connectivity index (χ1) is 11.0. The first-order valence-corrected chi connectivity index (χ1v) is 8.29. The van der Waals surface area contributed by atoms with Gasteiger partial charge in [-0.1, -0.05) is 41.4 Å². The number of rotatable bonds is 5. The molecule has 0 heterocycles. The minimum atomic E-state index is -0.358. The fraction of sp³-hybridized carbons (Fsp3) is 0.412. The van der Waals surface area contributed by atoms with E-state index in [1.165, 1.54) is 0 Å². The normalized spacial score (nSPS) is 18.3. The number of esters is 1. The molecule has 0 aliphatic heterocycles. The lowest BCUT2D eigenvalue weighted by Gasteiger charge is -2.18. The Bertz CT molecular complexity index is 616. The first-order valence-electron chi connectivity index (χ1n) is 7.53. The quantitative estimate of drug-likeness (QED) is 0.639. The maximum absolute atomic E-state index is 11.9. The Hall–Kier alpha value is -1.52. The van der Waals surface area contributed by atoms with Crippen molar-refractivity contribution < 1.29 is 14.3 Å². The SMILES string of the molecule is C[C@@H](NC(=O)COC(=O)[C@H]1CC=CCC1)c1ccc(Cl)cc1Cl. The average Bonchev–Trinajstić information content (AvgIpc) is 2.53. The number of ether oxygens (including phenoxy) is 1. The number of amides is 1. The molecule has 1 aromatic carbocycles. The van der Waals surface area contributed by atoms with Gasteiger partial charge in [0.25, 0.3) is 5.91 Å². The molecular weight excluding hydrogens is 337 g/mol. The summed E-state index contributed by atoms with van der Waals surface area (Å²) in [5.74, 6) is -0.819. The number of hydrogen-bond donors (Lipinski definition) is 1. The van der Waals surface area contributed by atoms with Crippen molar-refractivity contribution in [3.63, 3.8) is 0 Å². The summed E-state index contributed by atoms with van der Waals surface area (Å²) < 4.78 is 5.09. The van der Waals surface area contributed by atoms with Crippen molar-refractivity contribution in [2.24, 2.45) is 5.92 Å². The van der Waals surface area contributed by atoms with Crippen molar-refractivity contribution in [3.05, 3.63) is 46.0 Å². The smallest absolute Gasteiger partial charge is 0.309 e. The lowest BCUT2D eigenvalue weighted by Crippen LogP contribution is -2.32. The molecule has 0 radical (unpaired) electrons. The summed E-state index contributed by atoms with van der Waals surface area (Å²) in [5.41, 5.74) is 0.758. The van der Waals surface area contributed by atoms with Crippen LogP contribution < -0.4 is 5.32 Å². The van der Waals surface area contributed by atoms with Crippen LogP contribution in [-0.4, -0.2) is 18.5 Å². The highest BCUT2D eigenvalue weighted by Gasteiger charge is 2.21. The number of carbonyl (C=O) groups is 2. The zero-order chi connectivity index (χ0) is 16.8. The second-order valence-electron chi connectivity index (χ2n) is 5.54. The predicted molar refractivity (Wildman–Crippen MR) is 90.5 cm³/mol. The summed E-state index contributed by atoms with van der Waals surface area (Å²) in [6, 6.07) is 4.79. The molecule has 6 heteroatoms. The maximum Gasteiger partial charge on any atom is 0.309 e. The molecule has 4 nitrogen and oxygen atoms in total. The van der Waals surface area contributed by atoms with E-state index in [0.29, 0.717) is 16.5 Å². The molecule has 1 aliphatic carbocycles. The van der Waals surface area contributed by atoms with Crippen LogP contribution in [0.2, 0.25) is 10.0 Å². The third-order valence-electron chi connectivity index (χ3n) is 3.75. The molecule has 0 saturated heterocycles. The Labute approximate surface area is 145 Å². The first kappa shape index (κ1) is 17.8. The third kappa shape index (κ3) is 5.26. The van der Waals surface area contributed by atoms with Crippen LogP contribution in [0.4, 0.5) is 0 Å². The highest BCUT2D eigenvalue weighted by atomic mass is 35.5. The summed E-state index contributed by atoms with van der Waals surface area (Å²) in [6.45, 7) is 1.52. The second-order valence-corrected chi connectivity index (χ2v) is 6.39. The van der Waals surface area contributed by atoms with E-state index in [4.69, 9.17) is 27.9 Å². The van der Waals surface area contributed by atoms with Crippen LogP contribution in [0.15, 0.2) is 30.4 Å². The van der Waals surface area contributed by atoms with Gasteiger partial charge in [-0.2, -0.15) is 0 Å². The standard InChI is InChI=1S/C17H19Cl2NO3/c1-11(14-8-7-13(18)9-15(14)19)20-16(21)10-23-17(22)12-5-3-2-4-6-12/h2-3,7-9,11-12H,4-6,10H2,1H3,(H,20,21)/t11-,12+/m1/s1. The van der Waals surface area contributed by atoms with Gasteiger partial charge in [0, 0.05) is 10.0 Å². The van der Waals surface area contributed by atoms with Gasteiger partial charge in [0.05, 0.1) is 12.0 Å². The Morgan fingerprint density at radius 3 is 2.78 bits per heavy atom. The van der Waals surface area contributed by atoms with E-state index < -0.39 is 0 Å². The summed E-state index contributed by atoms with van der Waals surface area (Å²) in [4.78, 5) is 23.8. The van der Waals surface area contributed by atoms with E-state index >= 15 is 0 Å². The Kier molecular flexibility index (Phi) is 6.48. The van der Waals surface area contributed by atoms with Gasteiger partial charge in [-0.3, -0.25) is 9.59 Å². The number of allylic oxidation sites excluding steroid dienone is 2. The molecule has 0 saturated carbocycles. The molecule has 0 spiro atoms. The molecule has 23 heavy (non-hydrogen) atoms. The highest BCUT2D eigenvalue weighted by molar-refractivity contribution is 6.35. The van der Waals surface area contributed by atoms with E-state index in [1.807, 2.05) is 12.2 Å². The molecule has 1 N–H and O–H groups in total. The molecular formula is C17H19Cl2NO3. The number of nitrogens with one attached hydrogen (secondary N) is 1. The summed E-state index contributed by atoms with van der Waals surface area (Å²) in [7, 11) is 0. The number of hydrogen-bond acceptors (Lipinski definition) is 3. The molecule has 0 aromatic heterocycles. The van der Waals surface area contributed by atoms with Gasteiger partial charge in [-0.05, 0) is 43.9 Å². The molecule has 0 fully saturated rings. The monoisotopic (exact) mass is 355 g/mol. The number of carbonyl (C=O) groups excluding carboxylic acids is 2. The van der Waals surface area contributed by atoms with E-state index in [2.05, 4.69) is 5.32 Å². The zero-order valence-corrected chi connectivity index (χ0v) is 14.4. The van der Waals surface area contributed by atoms with Gasteiger partial charge in [-0.15, -0.1) is 0 Å². The van der Waals surface area contributed by atoms with Gasteiger partial charge in [0.15, 0.2) is 6.61 Å². The van der Waals surface area contributed by atoms with E-state index in [0.717, 1.165) is 18.4 Å². The zero-order valence-electron chi connectivity index (χ0n) is 12.9. The van der Waals surface area contributed by atoms with Gasteiger partial charge in [-0.25, -0.2) is 0 Å². The van der Waals surface area contributed by atoms with Crippen molar-refractivity contribution in [1.82, 2.24) is 5.32 Å². The maximum atomic E-state index is 11.9. The minimum Gasteiger partial charge on any atom is -0.455 e. The molecule has 0 bridgehead atoms. The number of benzene rings is 1. The number of halogens is 2. The fourth-order valence-electron chi connectivity index (χ4n) is 2.48. The summed E-state index contributed by atoms with van der Waals surface area (Å²) in [5, 5.41) is 3.77. The highest BCUT2D eigenvalue weighted by Crippen LogP contribution is 2.26. The van der Waals surface area contributed by atoms with Crippen LogP contribution in [0.25, 0.3) is 0 Å². The van der Waals surface area contributed by atoms with Gasteiger partial charge < -0.3 is 10.1 Å². The van der Waals surface area contributed by atoms with Crippen molar-refractivity contribution in [2.45, 2.75) is 32.2 Å². The summed E-state index contributed by atoms with van der Waals surface area (Å²) >= 11 is 12.0. The third-order valence-corrected chi connectivity index (χ3v) is 4.32. The minimum absolute atomic E-state index is 0.143. The molecule has 1 aliphatic rings. The topological polar surface area (TPSA) is 55.4 Å². The van der Waals surface area contributed by atoms with E-state index in [-0.39, 0.29) is 30.4 Å².